The Morgan fingerprint density at radius 2 is 0.791 bits per heavy atom. The summed E-state index contributed by atoms with van der Waals surface area (Å²) in [6.45, 7) is 0. The number of benzene rings is 6. The van der Waals surface area contributed by atoms with Gasteiger partial charge in [0.05, 0.1) is 11.1 Å². The van der Waals surface area contributed by atoms with Gasteiger partial charge in [0.1, 0.15) is 46.7 Å². The molecule has 22 nitrogen and oxygen atoms in total. The fourth-order valence-corrected chi connectivity index (χ4v) is 7.84. The molecule has 0 saturated heterocycles. The largest absolute Gasteiger partial charge is 0.507 e. The van der Waals surface area contributed by atoms with Crippen LogP contribution in [-0.2, 0) is 28.7 Å². The Morgan fingerprint density at radius 3 is 1.22 bits per heavy atom. The minimum absolute atomic E-state index is 0.0957. The standard InChI is InChI=1S/C45H36O22/c46-22-12-23(47)20-10-34(65-44(62)16-5-29(53)39(60)30(54)6-16)42(15-3-27(51)38(59)28(52)4-15)67-43(20)19(22)9-18-24(48)13-33-21(36(18)57)11-35(41(64-33)14-1-25(49)37(58)26(50)2-14)66-45(63)17-7-31(55)40(61)32(56)8-17/h1-8,12-13,34-35,41-42,46-61H,9-11H2/t34-,35-,41-,42-/m1/s1. The van der Waals surface area contributed by atoms with Gasteiger partial charge in [-0.3, -0.25) is 0 Å². The van der Waals surface area contributed by atoms with Gasteiger partial charge in [-0.05, 0) is 48.5 Å². The molecule has 0 fully saturated rings. The van der Waals surface area contributed by atoms with Crippen molar-refractivity contribution in [3.8, 4) is 103 Å². The number of ether oxygens (including phenoxy) is 4. The second-order valence-corrected chi connectivity index (χ2v) is 15.5. The van der Waals surface area contributed by atoms with Gasteiger partial charge in [-0.2, -0.15) is 0 Å². The van der Waals surface area contributed by atoms with Crippen molar-refractivity contribution in [1.29, 1.82) is 0 Å². The first-order valence-electron chi connectivity index (χ1n) is 19.5. The highest BCUT2D eigenvalue weighted by molar-refractivity contribution is 5.92. The lowest BCUT2D eigenvalue weighted by Crippen LogP contribution is -2.35. The molecule has 348 valence electrons. The Morgan fingerprint density at radius 1 is 0.418 bits per heavy atom. The van der Waals surface area contributed by atoms with Crippen LogP contribution >= 0.6 is 0 Å². The third kappa shape index (κ3) is 7.87. The van der Waals surface area contributed by atoms with E-state index < -0.39 is 159 Å². The van der Waals surface area contributed by atoms with E-state index >= 15 is 0 Å². The van der Waals surface area contributed by atoms with Gasteiger partial charge in [-0.15, -0.1) is 0 Å². The topological polar surface area (TPSA) is 395 Å². The second-order valence-electron chi connectivity index (χ2n) is 15.5. The number of phenols is 16. The lowest BCUT2D eigenvalue weighted by atomic mass is 9.88. The summed E-state index contributed by atoms with van der Waals surface area (Å²) in [5, 5.41) is 167. The van der Waals surface area contributed by atoms with Crippen LogP contribution in [-0.4, -0.2) is 106 Å². The van der Waals surface area contributed by atoms with E-state index in [2.05, 4.69) is 0 Å². The highest BCUT2D eigenvalue weighted by Crippen LogP contribution is 2.52. The van der Waals surface area contributed by atoms with E-state index in [9.17, 15) is 91.3 Å². The van der Waals surface area contributed by atoms with Crippen LogP contribution in [0, 0.1) is 0 Å². The van der Waals surface area contributed by atoms with Crippen LogP contribution in [0.3, 0.4) is 0 Å². The molecule has 16 N–H and O–H groups in total. The molecule has 22 heteroatoms. The van der Waals surface area contributed by atoms with Crippen molar-refractivity contribution in [3.05, 3.63) is 105 Å². The molecule has 6 aromatic carbocycles. The molecule has 2 aliphatic heterocycles. The normalized spacial score (nSPS) is 17.3. The average Bonchev–Trinajstić information content (AvgIpc) is 3.27. The van der Waals surface area contributed by atoms with Gasteiger partial charge in [0, 0.05) is 64.8 Å². The number of fused-ring (bicyclic) bond motifs is 2. The van der Waals surface area contributed by atoms with E-state index in [1.54, 1.807) is 0 Å². The number of rotatable bonds is 8. The minimum atomic E-state index is -1.57. The molecule has 4 atom stereocenters. The summed E-state index contributed by atoms with van der Waals surface area (Å²) in [4.78, 5) is 26.9. The van der Waals surface area contributed by atoms with Crippen molar-refractivity contribution in [3.63, 3.8) is 0 Å². The Kier molecular flexibility index (Phi) is 10.8. The van der Waals surface area contributed by atoms with E-state index in [1.165, 1.54) is 0 Å². The summed E-state index contributed by atoms with van der Waals surface area (Å²) in [5.74, 6) is -16.2. The molecule has 67 heavy (non-hydrogen) atoms. The van der Waals surface area contributed by atoms with Crippen LogP contribution in [0.2, 0.25) is 0 Å². The molecule has 0 radical (unpaired) electrons. The first-order chi connectivity index (χ1) is 31.6. The van der Waals surface area contributed by atoms with Crippen LogP contribution < -0.4 is 9.47 Å². The molecule has 0 spiro atoms. The molecule has 0 saturated carbocycles. The number of phenolic OH excluding ortho intramolecular Hbond substituents is 16. The van der Waals surface area contributed by atoms with Crippen molar-refractivity contribution < 1.29 is 110 Å². The lowest BCUT2D eigenvalue weighted by molar-refractivity contribution is -0.0193. The molecular weight excluding hydrogens is 892 g/mol. The van der Waals surface area contributed by atoms with Crippen molar-refractivity contribution in [2.75, 3.05) is 0 Å². The first-order valence-corrected chi connectivity index (χ1v) is 19.5. The number of aromatic hydroxyl groups is 16. The summed E-state index contributed by atoms with van der Waals surface area (Å²) in [7, 11) is 0. The van der Waals surface area contributed by atoms with E-state index in [0.717, 1.165) is 60.7 Å². The summed E-state index contributed by atoms with van der Waals surface area (Å²) >= 11 is 0. The van der Waals surface area contributed by atoms with Gasteiger partial charge < -0.3 is 101 Å². The molecule has 0 aromatic heterocycles. The molecule has 0 amide bonds. The predicted octanol–water partition coefficient (Wildman–Crippen LogP) is 4.37. The summed E-state index contributed by atoms with van der Waals surface area (Å²) in [5.41, 5.74) is -2.01. The lowest BCUT2D eigenvalue weighted by Gasteiger charge is -2.36. The number of carbonyl (C=O) groups is 2. The minimum Gasteiger partial charge on any atom is -0.507 e. The van der Waals surface area contributed by atoms with Gasteiger partial charge >= 0.3 is 11.9 Å². The SMILES string of the molecule is O=C(O[C@@H]1Cc2c(cc(O)c(Cc3c(O)cc(O)c4c3O[C@H](c3cc(O)c(O)c(O)c3)[C@H](OC(=O)c3cc(O)c(O)c(O)c3)C4)c2O)O[C@@H]1c1cc(O)c(O)c(O)c1)c1cc(O)c(O)c(O)c1. The van der Waals surface area contributed by atoms with Gasteiger partial charge in [0.2, 0.25) is 0 Å². The van der Waals surface area contributed by atoms with E-state index in [1.807, 2.05) is 0 Å². The molecule has 2 heterocycles. The van der Waals surface area contributed by atoms with Crippen molar-refractivity contribution >= 4 is 11.9 Å². The highest BCUT2D eigenvalue weighted by atomic mass is 16.6. The summed E-state index contributed by atoms with van der Waals surface area (Å²) < 4.78 is 23.7. The zero-order valence-electron chi connectivity index (χ0n) is 33.8. The Labute approximate surface area is 373 Å². The average molecular weight is 929 g/mol. The third-order valence-corrected chi connectivity index (χ3v) is 11.2. The predicted molar refractivity (Wildman–Crippen MR) is 221 cm³/mol. The Hall–Kier alpha value is -9.34. The molecular formula is C45H36O22. The van der Waals surface area contributed by atoms with Crippen molar-refractivity contribution in [2.24, 2.45) is 0 Å². The first kappa shape index (κ1) is 44.3. The van der Waals surface area contributed by atoms with Gasteiger partial charge in [0.25, 0.3) is 0 Å². The zero-order valence-corrected chi connectivity index (χ0v) is 33.8. The van der Waals surface area contributed by atoms with Crippen molar-refractivity contribution in [1.82, 2.24) is 0 Å². The Bertz CT molecular complexity index is 2960. The molecule has 0 bridgehead atoms. The number of esters is 2. The molecule has 0 aliphatic carbocycles. The molecule has 8 rings (SSSR count). The van der Waals surface area contributed by atoms with E-state index in [0.29, 0.717) is 0 Å². The van der Waals surface area contributed by atoms with Gasteiger partial charge in [-0.25, -0.2) is 9.59 Å². The molecule has 0 unspecified atom stereocenters. The number of hydrogen-bond donors (Lipinski definition) is 16. The number of carbonyl (C=O) groups excluding carboxylic acids is 2. The maximum absolute atomic E-state index is 13.4. The van der Waals surface area contributed by atoms with Gasteiger partial charge in [-0.1, -0.05) is 0 Å². The van der Waals surface area contributed by atoms with Crippen LogP contribution in [0.25, 0.3) is 0 Å². The summed E-state index contributed by atoms with van der Waals surface area (Å²) in [6, 6.07) is 8.85. The number of hydrogen-bond acceptors (Lipinski definition) is 22. The van der Waals surface area contributed by atoms with E-state index in [4.69, 9.17) is 18.9 Å². The monoisotopic (exact) mass is 928 g/mol. The van der Waals surface area contributed by atoms with Crippen LogP contribution in [0.1, 0.15) is 66.3 Å². The van der Waals surface area contributed by atoms with Crippen molar-refractivity contribution in [2.45, 2.75) is 43.7 Å². The maximum atomic E-state index is 13.4. The quantitative estimate of drug-likeness (QED) is 0.0744. The summed E-state index contributed by atoms with van der Waals surface area (Å²) in [6.07, 6.45) is -7.64. The van der Waals surface area contributed by atoms with Crippen LogP contribution in [0.4, 0.5) is 0 Å². The second kappa shape index (κ2) is 16.3. The fourth-order valence-electron chi connectivity index (χ4n) is 7.84. The van der Waals surface area contributed by atoms with Crippen LogP contribution in [0.15, 0.2) is 60.7 Å². The molecule has 2 aliphatic rings. The smallest absolute Gasteiger partial charge is 0.338 e. The Balaban J connectivity index is 1.19. The van der Waals surface area contributed by atoms with E-state index in [-0.39, 0.29) is 44.9 Å². The molecule has 6 aromatic rings. The van der Waals surface area contributed by atoms with Gasteiger partial charge in [0.15, 0.2) is 81.2 Å². The third-order valence-electron chi connectivity index (χ3n) is 11.2. The highest BCUT2D eigenvalue weighted by Gasteiger charge is 2.41. The zero-order chi connectivity index (χ0) is 48.5. The fraction of sp³-hybridized carbons (Fsp3) is 0.156. The van der Waals surface area contributed by atoms with Crippen LogP contribution in [0.5, 0.6) is 103 Å². The maximum Gasteiger partial charge on any atom is 0.338 e.